The van der Waals surface area contributed by atoms with Crippen molar-refractivity contribution in [2.24, 2.45) is 0 Å². The Kier molecular flexibility index (Phi) is 7.69. The second-order valence-corrected chi connectivity index (χ2v) is 11.0. The number of pyridine rings is 1. The second-order valence-electron chi connectivity index (χ2n) is 11.0. The van der Waals surface area contributed by atoms with Crippen LogP contribution in [-0.2, 0) is 14.2 Å². The van der Waals surface area contributed by atoms with Crippen molar-refractivity contribution < 1.29 is 23.8 Å². The zero-order valence-electron chi connectivity index (χ0n) is 22.9. The number of hydrogen-bond donors (Lipinski definition) is 0. The maximum atomic E-state index is 13.0. The molecule has 0 N–H and O–H groups in total. The van der Waals surface area contributed by atoms with Gasteiger partial charge in [-0.05, 0) is 76.8 Å². The van der Waals surface area contributed by atoms with Crippen LogP contribution in [0.2, 0.25) is 0 Å². The fraction of sp³-hybridized carbons (Fsp3) is 0.517. The van der Waals surface area contributed by atoms with Crippen molar-refractivity contribution in [2.45, 2.75) is 59.7 Å². The largest absolute Gasteiger partial charge is 0.459 e. The first-order valence-electron chi connectivity index (χ1n) is 13.0. The van der Waals surface area contributed by atoms with Gasteiger partial charge in [0.15, 0.2) is 0 Å². The average Bonchev–Trinajstić information content (AvgIpc) is 3.26. The topological polar surface area (TPSA) is 72.7 Å². The molecule has 2 aromatic rings. The third kappa shape index (κ3) is 6.01. The minimum Gasteiger partial charge on any atom is -0.459 e. The molecule has 2 aliphatic rings. The molecule has 0 spiro atoms. The molecule has 200 valence electrons. The summed E-state index contributed by atoms with van der Waals surface area (Å²) in [6, 6.07) is 3.99. The van der Waals surface area contributed by atoms with Gasteiger partial charge in [0.05, 0.1) is 36.3 Å². The summed E-state index contributed by atoms with van der Waals surface area (Å²) in [7, 11) is 0. The van der Waals surface area contributed by atoms with Gasteiger partial charge in [-0.2, -0.15) is 0 Å². The Hall–Kier alpha value is -3.26. The van der Waals surface area contributed by atoms with Gasteiger partial charge in [-0.15, -0.1) is 0 Å². The van der Waals surface area contributed by atoms with Crippen molar-refractivity contribution in [3.05, 3.63) is 53.4 Å². The Balaban J connectivity index is 1.70. The van der Waals surface area contributed by atoms with Crippen LogP contribution < -0.4 is 0 Å². The molecule has 0 unspecified atom stereocenters. The Morgan fingerprint density at radius 2 is 1.78 bits per heavy atom. The molecule has 37 heavy (non-hydrogen) atoms. The third-order valence-corrected chi connectivity index (χ3v) is 6.60. The summed E-state index contributed by atoms with van der Waals surface area (Å²) in [6.45, 7) is 19.6. The highest BCUT2D eigenvalue weighted by atomic mass is 16.6. The first kappa shape index (κ1) is 26.8. The molecule has 8 heteroatoms. The van der Waals surface area contributed by atoms with E-state index in [9.17, 15) is 9.59 Å². The molecule has 8 nitrogen and oxygen atoms in total. The maximum absolute atomic E-state index is 13.0. The second kappa shape index (κ2) is 10.6. The van der Waals surface area contributed by atoms with Gasteiger partial charge >= 0.3 is 12.1 Å². The molecule has 0 bridgehead atoms. The van der Waals surface area contributed by atoms with E-state index >= 15 is 0 Å². The van der Waals surface area contributed by atoms with Gasteiger partial charge in [-0.3, -0.25) is 0 Å². The zero-order valence-corrected chi connectivity index (χ0v) is 22.9. The highest BCUT2D eigenvalue weighted by Crippen LogP contribution is 2.32. The molecule has 0 atom stereocenters. The highest BCUT2D eigenvalue weighted by Gasteiger charge is 2.26. The lowest BCUT2D eigenvalue weighted by molar-refractivity contribution is 0.0269. The predicted molar refractivity (Wildman–Crippen MR) is 145 cm³/mol. The molecule has 1 saturated heterocycles. The quantitative estimate of drug-likeness (QED) is 0.520. The van der Waals surface area contributed by atoms with Gasteiger partial charge in [0.2, 0.25) is 0 Å². The summed E-state index contributed by atoms with van der Waals surface area (Å²) < 4.78 is 18.8. The maximum Gasteiger partial charge on any atom is 0.410 e. The molecule has 1 fully saturated rings. The van der Waals surface area contributed by atoms with Gasteiger partial charge in [0, 0.05) is 37.9 Å². The summed E-state index contributed by atoms with van der Waals surface area (Å²) in [4.78, 5) is 29.4. The summed E-state index contributed by atoms with van der Waals surface area (Å²) in [6.07, 6.45) is 4.40. The summed E-state index contributed by atoms with van der Waals surface area (Å²) in [5, 5.41) is 0. The number of esters is 1. The van der Waals surface area contributed by atoms with Gasteiger partial charge in [0.25, 0.3) is 0 Å². The van der Waals surface area contributed by atoms with Crippen LogP contribution in [0.1, 0.15) is 68.2 Å². The van der Waals surface area contributed by atoms with Crippen molar-refractivity contribution in [3.8, 4) is 0 Å². The van der Waals surface area contributed by atoms with Crippen LogP contribution >= 0.6 is 0 Å². The average molecular weight is 510 g/mol. The van der Waals surface area contributed by atoms with E-state index in [2.05, 4.69) is 34.2 Å². The summed E-state index contributed by atoms with van der Waals surface area (Å²) in [5.74, 6) is -0.335. The number of amides is 1. The van der Waals surface area contributed by atoms with E-state index < -0.39 is 5.60 Å². The van der Waals surface area contributed by atoms with Crippen molar-refractivity contribution >= 4 is 28.8 Å². The summed E-state index contributed by atoms with van der Waals surface area (Å²) in [5.41, 5.74) is 5.75. The van der Waals surface area contributed by atoms with Crippen LogP contribution in [0.3, 0.4) is 0 Å². The van der Waals surface area contributed by atoms with E-state index in [1.54, 1.807) is 4.90 Å². The number of hydrogen-bond acceptors (Lipinski definition) is 6. The molecule has 0 saturated carbocycles. The standard InChI is InChI=1S/C29H39N3O5/c1-19(2)36-27(33)25-17-24-16-23(22-8-10-31(11-9-22)28(34)37-29(5,6)7)18-32(24)26(20(25)3)21(4)30-12-14-35-15-13-30/h8,16-19H,4,9-15H2,1-3,5-7H3. The molecule has 4 rings (SSSR count). The molecule has 0 aromatic carbocycles. The Labute approximate surface area is 219 Å². The van der Waals surface area contributed by atoms with Crippen LogP contribution in [0.5, 0.6) is 0 Å². The molecular weight excluding hydrogens is 470 g/mol. The number of carbonyl (C=O) groups is 2. The van der Waals surface area contributed by atoms with Crippen LogP contribution in [0, 0.1) is 6.92 Å². The Morgan fingerprint density at radius 3 is 2.38 bits per heavy atom. The van der Waals surface area contributed by atoms with Crippen LogP contribution in [0.25, 0.3) is 16.8 Å². The molecule has 0 radical (unpaired) electrons. The molecule has 0 aliphatic carbocycles. The molecule has 4 heterocycles. The van der Waals surface area contributed by atoms with Crippen molar-refractivity contribution in [1.82, 2.24) is 14.2 Å². The highest BCUT2D eigenvalue weighted by molar-refractivity contribution is 5.94. The van der Waals surface area contributed by atoms with Crippen molar-refractivity contribution in [2.75, 3.05) is 39.4 Å². The Morgan fingerprint density at radius 1 is 1.08 bits per heavy atom. The molecule has 2 aliphatic heterocycles. The number of fused-ring (bicyclic) bond motifs is 1. The smallest absolute Gasteiger partial charge is 0.410 e. The van der Waals surface area contributed by atoms with E-state index in [-0.39, 0.29) is 18.2 Å². The van der Waals surface area contributed by atoms with Crippen LogP contribution in [-0.4, -0.2) is 77.4 Å². The van der Waals surface area contributed by atoms with E-state index in [1.165, 1.54) is 0 Å². The fourth-order valence-electron chi connectivity index (χ4n) is 4.78. The summed E-state index contributed by atoms with van der Waals surface area (Å²) >= 11 is 0. The number of carbonyl (C=O) groups excluding carboxylic acids is 2. The minimum atomic E-state index is -0.521. The van der Waals surface area contributed by atoms with E-state index in [1.807, 2.05) is 47.6 Å². The lowest BCUT2D eigenvalue weighted by atomic mass is 10.0. The number of nitrogens with zero attached hydrogens (tertiary/aromatic N) is 3. The third-order valence-electron chi connectivity index (χ3n) is 6.60. The van der Waals surface area contributed by atoms with Gasteiger partial charge in [-0.1, -0.05) is 12.7 Å². The molecular formula is C29H39N3O5. The van der Waals surface area contributed by atoms with E-state index in [4.69, 9.17) is 14.2 Å². The monoisotopic (exact) mass is 509 g/mol. The Bertz CT molecular complexity index is 1230. The number of rotatable bonds is 5. The van der Waals surface area contributed by atoms with Gasteiger partial charge in [-0.25, -0.2) is 9.59 Å². The fourth-order valence-corrected chi connectivity index (χ4v) is 4.78. The van der Waals surface area contributed by atoms with Crippen molar-refractivity contribution in [1.29, 1.82) is 0 Å². The van der Waals surface area contributed by atoms with Gasteiger partial charge < -0.3 is 28.4 Å². The zero-order chi connectivity index (χ0) is 26.9. The molecule has 2 aromatic heterocycles. The minimum absolute atomic E-state index is 0.211. The lowest BCUT2D eigenvalue weighted by Crippen LogP contribution is -2.39. The van der Waals surface area contributed by atoms with E-state index in [0.717, 1.165) is 53.1 Å². The first-order valence-corrected chi connectivity index (χ1v) is 13.0. The SMILES string of the molecule is C=C(c1c(C)c(C(=O)OC(C)C)cc2cc(C3=CCN(C(=O)OC(C)(C)C)CC3)cn12)N1CCOCC1. The number of aromatic nitrogens is 1. The van der Waals surface area contributed by atoms with Gasteiger partial charge in [0.1, 0.15) is 5.60 Å². The number of morpholine rings is 1. The first-order chi connectivity index (χ1) is 17.4. The number of ether oxygens (including phenoxy) is 3. The lowest BCUT2D eigenvalue weighted by Gasteiger charge is -2.32. The predicted octanol–water partition coefficient (Wildman–Crippen LogP) is 5.14. The van der Waals surface area contributed by atoms with Crippen LogP contribution in [0.4, 0.5) is 4.79 Å². The van der Waals surface area contributed by atoms with E-state index in [0.29, 0.717) is 31.9 Å². The normalized spacial score (nSPS) is 16.7. The van der Waals surface area contributed by atoms with Crippen molar-refractivity contribution in [3.63, 3.8) is 0 Å². The molecule has 1 amide bonds. The van der Waals surface area contributed by atoms with Crippen LogP contribution in [0.15, 0.2) is 31.0 Å².